The zero-order chi connectivity index (χ0) is 20.2. The molecule has 0 aromatic heterocycles. The molecule has 0 saturated carbocycles. The SMILES string of the molecule is COc1ccccc1CN(C)C(C)C(=O)Nc1ccc(Cl)cc1C(F)(F)F. The van der Waals surface area contributed by atoms with Crippen molar-refractivity contribution in [2.75, 3.05) is 19.5 Å². The molecule has 0 aliphatic carbocycles. The second-order valence-electron chi connectivity index (χ2n) is 6.08. The van der Waals surface area contributed by atoms with Crippen molar-refractivity contribution in [2.24, 2.45) is 0 Å². The highest BCUT2D eigenvalue weighted by atomic mass is 35.5. The van der Waals surface area contributed by atoms with Gasteiger partial charge in [-0.1, -0.05) is 29.8 Å². The van der Waals surface area contributed by atoms with Crippen LogP contribution in [0.2, 0.25) is 5.02 Å². The molecular weight excluding hydrogens is 381 g/mol. The summed E-state index contributed by atoms with van der Waals surface area (Å²) < 4.78 is 44.8. The number of carbonyl (C=O) groups excluding carboxylic acids is 1. The molecule has 27 heavy (non-hydrogen) atoms. The number of amides is 1. The third-order valence-corrected chi connectivity index (χ3v) is 4.43. The van der Waals surface area contributed by atoms with E-state index in [0.717, 1.165) is 17.7 Å². The summed E-state index contributed by atoms with van der Waals surface area (Å²) in [5, 5.41) is 2.29. The number of benzene rings is 2. The van der Waals surface area contributed by atoms with E-state index in [-0.39, 0.29) is 10.7 Å². The van der Waals surface area contributed by atoms with Crippen LogP contribution in [0.25, 0.3) is 0 Å². The quantitative estimate of drug-likeness (QED) is 0.755. The Labute approximate surface area is 160 Å². The summed E-state index contributed by atoms with van der Waals surface area (Å²) in [7, 11) is 3.26. The van der Waals surface area contributed by atoms with Gasteiger partial charge in [0, 0.05) is 17.1 Å². The first kappa shape index (κ1) is 21.1. The van der Waals surface area contributed by atoms with E-state index in [4.69, 9.17) is 16.3 Å². The van der Waals surface area contributed by atoms with Gasteiger partial charge in [-0.3, -0.25) is 9.69 Å². The molecule has 2 rings (SSSR count). The molecule has 146 valence electrons. The van der Waals surface area contributed by atoms with Crippen molar-refractivity contribution in [1.82, 2.24) is 4.90 Å². The molecule has 1 amide bonds. The van der Waals surface area contributed by atoms with E-state index < -0.39 is 23.7 Å². The summed E-state index contributed by atoms with van der Waals surface area (Å²) in [6.07, 6.45) is -4.62. The van der Waals surface area contributed by atoms with E-state index in [2.05, 4.69) is 5.32 Å². The minimum Gasteiger partial charge on any atom is -0.496 e. The van der Waals surface area contributed by atoms with Crippen LogP contribution in [0.4, 0.5) is 18.9 Å². The highest BCUT2D eigenvalue weighted by molar-refractivity contribution is 6.30. The smallest absolute Gasteiger partial charge is 0.418 e. The minimum absolute atomic E-state index is 0.0540. The lowest BCUT2D eigenvalue weighted by atomic mass is 10.1. The lowest BCUT2D eigenvalue weighted by Crippen LogP contribution is -2.39. The number of hydrogen-bond acceptors (Lipinski definition) is 3. The molecule has 1 atom stereocenters. The van der Waals surface area contributed by atoms with Crippen LogP contribution < -0.4 is 10.1 Å². The number of likely N-dealkylation sites (N-methyl/N-ethyl adjacent to an activating group) is 1. The molecule has 0 bridgehead atoms. The summed E-state index contributed by atoms with van der Waals surface area (Å²) in [5.41, 5.74) is -0.443. The van der Waals surface area contributed by atoms with Crippen molar-refractivity contribution < 1.29 is 22.7 Å². The van der Waals surface area contributed by atoms with Crippen LogP contribution >= 0.6 is 11.6 Å². The second kappa shape index (κ2) is 8.63. The molecule has 0 fully saturated rings. The molecule has 0 aliphatic heterocycles. The number of hydrogen-bond donors (Lipinski definition) is 1. The summed E-state index contributed by atoms with van der Waals surface area (Å²) in [4.78, 5) is 14.2. The normalized spacial score (nSPS) is 12.7. The van der Waals surface area contributed by atoms with E-state index in [0.29, 0.717) is 12.3 Å². The van der Waals surface area contributed by atoms with Crippen LogP contribution in [0.15, 0.2) is 42.5 Å². The van der Waals surface area contributed by atoms with Crippen molar-refractivity contribution in [1.29, 1.82) is 0 Å². The van der Waals surface area contributed by atoms with E-state index in [1.165, 1.54) is 6.07 Å². The van der Waals surface area contributed by atoms with Gasteiger partial charge in [-0.2, -0.15) is 13.2 Å². The van der Waals surface area contributed by atoms with Crippen LogP contribution in [-0.4, -0.2) is 31.0 Å². The van der Waals surface area contributed by atoms with Crippen molar-refractivity contribution in [2.45, 2.75) is 25.7 Å². The van der Waals surface area contributed by atoms with Gasteiger partial charge in [0.05, 0.1) is 24.4 Å². The van der Waals surface area contributed by atoms with Crippen LogP contribution in [0.1, 0.15) is 18.1 Å². The number of para-hydroxylation sites is 1. The van der Waals surface area contributed by atoms with Gasteiger partial charge >= 0.3 is 6.18 Å². The molecule has 0 radical (unpaired) electrons. The molecule has 0 saturated heterocycles. The van der Waals surface area contributed by atoms with Crippen molar-refractivity contribution in [3.05, 3.63) is 58.6 Å². The Morgan fingerprint density at radius 2 is 1.93 bits per heavy atom. The molecule has 8 heteroatoms. The van der Waals surface area contributed by atoms with Crippen molar-refractivity contribution in [3.63, 3.8) is 0 Å². The standard InChI is InChI=1S/C19H20ClF3N2O2/c1-12(25(2)11-13-6-4-5-7-17(13)27-3)18(26)24-16-9-8-14(20)10-15(16)19(21,22)23/h4-10,12H,11H2,1-3H3,(H,24,26). The first-order chi connectivity index (χ1) is 12.6. The Morgan fingerprint density at radius 1 is 1.26 bits per heavy atom. The zero-order valence-electron chi connectivity index (χ0n) is 15.1. The maximum atomic E-state index is 13.2. The highest BCUT2D eigenvalue weighted by Crippen LogP contribution is 2.36. The predicted molar refractivity (Wildman–Crippen MR) is 99.0 cm³/mol. The monoisotopic (exact) mass is 400 g/mol. The van der Waals surface area contributed by atoms with Gasteiger partial charge < -0.3 is 10.1 Å². The molecular formula is C19H20ClF3N2O2. The van der Waals surface area contributed by atoms with E-state index >= 15 is 0 Å². The Balaban J connectivity index is 2.14. The van der Waals surface area contributed by atoms with Crippen LogP contribution in [0.5, 0.6) is 5.75 Å². The Morgan fingerprint density at radius 3 is 2.56 bits per heavy atom. The predicted octanol–water partition coefficient (Wildman–Crippen LogP) is 4.83. The number of anilines is 1. The number of halogens is 4. The van der Waals surface area contributed by atoms with Gasteiger partial charge in [0.2, 0.25) is 5.91 Å². The average molecular weight is 401 g/mol. The number of nitrogens with zero attached hydrogens (tertiary/aromatic N) is 1. The Kier molecular flexibility index (Phi) is 6.73. The largest absolute Gasteiger partial charge is 0.496 e. The number of alkyl halides is 3. The molecule has 2 aromatic rings. The number of ether oxygens (including phenoxy) is 1. The number of methoxy groups -OCH3 is 1. The fourth-order valence-corrected chi connectivity index (χ4v) is 2.71. The molecule has 4 nitrogen and oxygen atoms in total. The third-order valence-electron chi connectivity index (χ3n) is 4.20. The fourth-order valence-electron chi connectivity index (χ4n) is 2.54. The average Bonchev–Trinajstić information content (AvgIpc) is 2.62. The van der Waals surface area contributed by atoms with Gasteiger partial charge in [0.1, 0.15) is 5.75 Å². The zero-order valence-corrected chi connectivity index (χ0v) is 15.9. The van der Waals surface area contributed by atoms with Crippen molar-refractivity contribution >= 4 is 23.2 Å². The van der Waals surface area contributed by atoms with Gasteiger partial charge in [-0.05, 0) is 38.2 Å². The summed E-state index contributed by atoms with van der Waals surface area (Å²) in [6, 6.07) is 9.91. The first-order valence-electron chi connectivity index (χ1n) is 8.13. The number of carbonyl (C=O) groups is 1. The Hall–Kier alpha value is -2.25. The number of rotatable bonds is 6. The summed E-state index contributed by atoms with van der Waals surface area (Å²) in [5.74, 6) is 0.120. The molecule has 0 spiro atoms. The van der Waals surface area contributed by atoms with E-state index in [1.54, 1.807) is 32.0 Å². The maximum absolute atomic E-state index is 13.2. The topological polar surface area (TPSA) is 41.6 Å². The van der Waals surface area contributed by atoms with Gasteiger partial charge in [-0.15, -0.1) is 0 Å². The fraction of sp³-hybridized carbons (Fsp3) is 0.316. The van der Waals surface area contributed by atoms with Crippen molar-refractivity contribution in [3.8, 4) is 5.75 Å². The maximum Gasteiger partial charge on any atom is 0.418 e. The van der Waals surface area contributed by atoms with Gasteiger partial charge in [-0.25, -0.2) is 0 Å². The summed E-state index contributed by atoms with van der Waals surface area (Å²) in [6.45, 7) is 2.01. The molecule has 2 aromatic carbocycles. The molecule has 0 heterocycles. The third kappa shape index (κ3) is 5.37. The minimum atomic E-state index is -4.62. The van der Waals surface area contributed by atoms with Gasteiger partial charge in [0.25, 0.3) is 0 Å². The highest BCUT2D eigenvalue weighted by Gasteiger charge is 2.34. The first-order valence-corrected chi connectivity index (χ1v) is 8.51. The van der Waals surface area contributed by atoms with Crippen LogP contribution in [-0.2, 0) is 17.5 Å². The van der Waals surface area contributed by atoms with E-state index in [1.807, 2.05) is 18.2 Å². The van der Waals surface area contributed by atoms with Crippen LogP contribution in [0, 0.1) is 0 Å². The van der Waals surface area contributed by atoms with Crippen LogP contribution in [0.3, 0.4) is 0 Å². The molecule has 1 N–H and O–H groups in total. The lowest BCUT2D eigenvalue weighted by Gasteiger charge is -2.25. The molecule has 1 unspecified atom stereocenters. The number of nitrogens with one attached hydrogen (secondary N) is 1. The van der Waals surface area contributed by atoms with Gasteiger partial charge in [0.15, 0.2) is 0 Å². The summed E-state index contributed by atoms with van der Waals surface area (Å²) >= 11 is 5.66. The Bertz CT molecular complexity index is 812. The second-order valence-corrected chi connectivity index (χ2v) is 6.52. The molecule has 0 aliphatic rings. The van der Waals surface area contributed by atoms with E-state index in [9.17, 15) is 18.0 Å². The lowest BCUT2D eigenvalue weighted by molar-refractivity contribution is -0.137.